The standard InChI is InChI=1S/C8H5BrClFO3/c9-4-1-3(10)2-5(11)6(4)7(12)8(13)14/h1-2,7,12H,(H,13,14). The van der Waals surface area contributed by atoms with Crippen molar-refractivity contribution in [2.75, 3.05) is 0 Å². The van der Waals surface area contributed by atoms with Gasteiger partial charge in [0, 0.05) is 15.1 Å². The van der Waals surface area contributed by atoms with E-state index in [2.05, 4.69) is 15.9 Å². The van der Waals surface area contributed by atoms with Gasteiger partial charge in [-0.1, -0.05) is 27.5 Å². The van der Waals surface area contributed by atoms with Crippen LogP contribution in [0, 0.1) is 5.82 Å². The molecule has 14 heavy (non-hydrogen) atoms. The molecule has 0 saturated heterocycles. The number of hydrogen-bond acceptors (Lipinski definition) is 2. The molecule has 0 fully saturated rings. The van der Waals surface area contributed by atoms with Gasteiger partial charge in [0.2, 0.25) is 0 Å². The Bertz CT molecular complexity index is 360. The Morgan fingerprint density at radius 3 is 2.57 bits per heavy atom. The fraction of sp³-hybridized carbons (Fsp3) is 0.125. The quantitative estimate of drug-likeness (QED) is 0.876. The van der Waals surface area contributed by atoms with E-state index in [9.17, 15) is 9.18 Å². The molecule has 0 heterocycles. The molecule has 2 N–H and O–H groups in total. The summed E-state index contributed by atoms with van der Waals surface area (Å²) in [5, 5.41) is 17.7. The summed E-state index contributed by atoms with van der Waals surface area (Å²) in [5.74, 6) is -2.38. The number of hydrogen-bond donors (Lipinski definition) is 2. The molecule has 0 radical (unpaired) electrons. The second-order valence-electron chi connectivity index (χ2n) is 2.52. The molecule has 3 nitrogen and oxygen atoms in total. The van der Waals surface area contributed by atoms with E-state index >= 15 is 0 Å². The summed E-state index contributed by atoms with van der Waals surface area (Å²) in [6.45, 7) is 0. The zero-order chi connectivity index (χ0) is 10.9. The average Bonchev–Trinajstić information content (AvgIpc) is 2.01. The lowest BCUT2D eigenvalue weighted by Gasteiger charge is -2.09. The number of aliphatic hydroxyl groups is 1. The number of rotatable bonds is 2. The Kier molecular flexibility index (Phi) is 3.47. The third-order valence-electron chi connectivity index (χ3n) is 1.55. The summed E-state index contributed by atoms with van der Waals surface area (Å²) in [6, 6.07) is 2.25. The van der Waals surface area contributed by atoms with Gasteiger partial charge >= 0.3 is 5.97 Å². The maximum Gasteiger partial charge on any atom is 0.337 e. The van der Waals surface area contributed by atoms with E-state index in [1.165, 1.54) is 6.07 Å². The monoisotopic (exact) mass is 282 g/mol. The molecule has 0 aliphatic rings. The van der Waals surface area contributed by atoms with Crippen molar-refractivity contribution in [3.8, 4) is 0 Å². The number of halogens is 3. The molecular formula is C8H5BrClFO3. The highest BCUT2D eigenvalue weighted by molar-refractivity contribution is 9.10. The Hall–Kier alpha value is -0.650. The lowest BCUT2D eigenvalue weighted by Crippen LogP contribution is -2.12. The van der Waals surface area contributed by atoms with E-state index in [-0.39, 0.29) is 15.1 Å². The van der Waals surface area contributed by atoms with Crippen LogP contribution < -0.4 is 0 Å². The van der Waals surface area contributed by atoms with Crippen LogP contribution in [0.15, 0.2) is 16.6 Å². The van der Waals surface area contributed by atoms with E-state index in [4.69, 9.17) is 21.8 Å². The van der Waals surface area contributed by atoms with Crippen LogP contribution in [0.4, 0.5) is 4.39 Å². The molecule has 6 heteroatoms. The molecule has 1 atom stereocenters. The van der Waals surface area contributed by atoms with Gasteiger partial charge in [-0.05, 0) is 12.1 Å². The molecular weight excluding hydrogens is 278 g/mol. The molecule has 0 amide bonds. The summed E-state index contributed by atoms with van der Waals surface area (Å²) in [6.07, 6.45) is -1.90. The van der Waals surface area contributed by atoms with Crippen molar-refractivity contribution in [3.63, 3.8) is 0 Å². The van der Waals surface area contributed by atoms with E-state index in [1.807, 2.05) is 0 Å². The highest BCUT2D eigenvalue weighted by Crippen LogP contribution is 2.29. The minimum Gasteiger partial charge on any atom is -0.479 e. The number of aliphatic carboxylic acids is 1. The predicted octanol–water partition coefficient (Wildman–Crippen LogP) is 2.36. The molecule has 1 unspecified atom stereocenters. The van der Waals surface area contributed by atoms with Gasteiger partial charge in [0.1, 0.15) is 5.82 Å². The maximum absolute atomic E-state index is 13.2. The summed E-state index contributed by atoms with van der Waals surface area (Å²) < 4.78 is 13.3. The Morgan fingerprint density at radius 1 is 1.57 bits per heavy atom. The van der Waals surface area contributed by atoms with Crippen molar-refractivity contribution in [2.45, 2.75) is 6.10 Å². The van der Waals surface area contributed by atoms with Gasteiger partial charge < -0.3 is 10.2 Å². The zero-order valence-corrected chi connectivity index (χ0v) is 9.01. The summed E-state index contributed by atoms with van der Waals surface area (Å²) >= 11 is 8.43. The summed E-state index contributed by atoms with van der Waals surface area (Å²) in [7, 11) is 0. The third-order valence-corrected chi connectivity index (χ3v) is 2.43. The molecule has 0 aliphatic carbocycles. The first-order valence-corrected chi connectivity index (χ1v) is 4.66. The number of aliphatic hydroxyl groups excluding tert-OH is 1. The van der Waals surface area contributed by atoms with Gasteiger partial charge in [0.15, 0.2) is 6.10 Å². The van der Waals surface area contributed by atoms with Crippen molar-refractivity contribution in [3.05, 3.63) is 33.0 Å². The van der Waals surface area contributed by atoms with Gasteiger partial charge in [0.05, 0.1) is 0 Å². The van der Waals surface area contributed by atoms with Crippen molar-refractivity contribution in [1.29, 1.82) is 0 Å². The second-order valence-corrected chi connectivity index (χ2v) is 3.81. The molecule has 1 aromatic rings. The first kappa shape index (κ1) is 11.4. The van der Waals surface area contributed by atoms with E-state index in [0.29, 0.717) is 0 Å². The van der Waals surface area contributed by atoms with Crippen LogP contribution in [0.5, 0.6) is 0 Å². The molecule has 1 rings (SSSR count). The second kappa shape index (κ2) is 4.25. The number of carboxylic acid groups (broad SMARTS) is 1. The topological polar surface area (TPSA) is 57.5 Å². The molecule has 0 spiro atoms. The van der Waals surface area contributed by atoms with Crippen LogP contribution in [0.3, 0.4) is 0 Å². The van der Waals surface area contributed by atoms with E-state index in [0.717, 1.165) is 6.07 Å². The van der Waals surface area contributed by atoms with Gasteiger partial charge in [-0.3, -0.25) is 0 Å². The van der Waals surface area contributed by atoms with Crippen molar-refractivity contribution >= 4 is 33.5 Å². The fourth-order valence-electron chi connectivity index (χ4n) is 0.938. The molecule has 0 aromatic heterocycles. The number of carboxylic acids is 1. The van der Waals surface area contributed by atoms with Crippen LogP contribution in [0.25, 0.3) is 0 Å². The van der Waals surface area contributed by atoms with Crippen LogP contribution in [-0.4, -0.2) is 16.2 Å². The van der Waals surface area contributed by atoms with Crippen molar-refractivity contribution in [1.82, 2.24) is 0 Å². The highest BCUT2D eigenvalue weighted by Gasteiger charge is 2.23. The van der Waals surface area contributed by atoms with Gasteiger partial charge in [0.25, 0.3) is 0 Å². The first-order chi connectivity index (χ1) is 6.43. The van der Waals surface area contributed by atoms with Crippen LogP contribution in [0.1, 0.15) is 11.7 Å². The van der Waals surface area contributed by atoms with Crippen molar-refractivity contribution in [2.24, 2.45) is 0 Å². The van der Waals surface area contributed by atoms with Gasteiger partial charge in [-0.15, -0.1) is 0 Å². The largest absolute Gasteiger partial charge is 0.479 e. The minimum absolute atomic E-state index is 0.121. The summed E-state index contributed by atoms with van der Waals surface area (Å²) in [4.78, 5) is 10.4. The average molecular weight is 283 g/mol. The molecule has 0 saturated carbocycles. The van der Waals surface area contributed by atoms with Crippen LogP contribution >= 0.6 is 27.5 Å². The SMILES string of the molecule is O=C(O)C(O)c1c(F)cc(Cl)cc1Br. The smallest absolute Gasteiger partial charge is 0.337 e. The molecule has 76 valence electrons. The normalized spacial score (nSPS) is 12.6. The minimum atomic E-state index is -1.90. The van der Waals surface area contributed by atoms with Crippen molar-refractivity contribution < 1.29 is 19.4 Å². The maximum atomic E-state index is 13.2. The molecule has 1 aromatic carbocycles. The summed E-state index contributed by atoms with van der Waals surface area (Å²) in [5.41, 5.74) is -0.332. The lowest BCUT2D eigenvalue weighted by molar-refractivity contribution is -0.147. The Morgan fingerprint density at radius 2 is 2.14 bits per heavy atom. The van der Waals surface area contributed by atoms with E-state index < -0.39 is 17.9 Å². The Balaban J connectivity index is 3.27. The number of carbonyl (C=O) groups is 1. The van der Waals surface area contributed by atoms with Crippen LogP contribution in [-0.2, 0) is 4.79 Å². The van der Waals surface area contributed by atoms with Crippen LogP contribution in [0.2, 0.25) is 5.02 Å². The fourth-order valence-corrected chi connectivity index (χ4v) is 1.93. The third kappa shape index (κ3) is 2.23. The lowest BCUT2D eigenvalue weighted by atomic mass is 10.1. The van der Waals surface area contributed by atoms with Gasteiger partial charge in [-0.2, -0.15) is 0 Å². The van der Waals surface area contributed by atoms with Gasteiger partial charge in [-0.25, -0.2) is 9.18 Å². The first-order valence-electron chi connectivity index (χ1n) is 3.48. The van der Waals surface area contributed by atoms with E-state index in [1.54, 1.807) is 0 Å². The Labute approximate surface area is 92.2 Å². The molecule has 0 aliphatic heterocycles. The predicted molar refractivity (Wildman–Crippen MR) is 51.7 cm³/mol. The highest BCUT2D eigenvalue weighted by atomic mass is 79.9. The molecule has 0 bridgehead atoms. The zero-order valence-electron chi connectivity index (χ0n) is 6.67. The number of benzene rings is 1.